The summed E-state index contributed by atoms with van der Waals surface area (Å²) in [6.07, 6.45) is -7.75. The summed E-state index contributed by atoms with van der Waals surface area (Å²) >= 11 is 0. The molecule has 1 saturated heterocycles. The predicted molar refractivity (Wildman–Crippen MR) is 180 cm³/mol. The number of carbonyl (C=O) groups is 1. The van der Waals surface area contributed by atoms with Crippen molar-refractivity contribution < 1.29 is 49.6 Å². The molecule has 1 unspecified atom stereocenters. The number of hydrogen-bond acceptors (Lipinski definition) is 6. The van der Waals surface area contributed by atoms with E-state index in [0.29, 0.717) is 23.2 Å². The summed E-state index contributed by atoms with van der Waals surface area (Å²) in [5.41, 5.74) is -1.21. The summed E-state index contributed by atoms with van der Waals surface area (Å²) in [5.74, 6) is 0.197. The van der Waals surface area contributed by atoms with Crippen molar-refractivity contribution in [1.82, 2.24) is 24.5 Å². The highest BCUT2D eigenvalue weighted by Gasteiger charge is 2.50. The molecule has 10 nitrogen and oxygen atoms in total. The van der Waals surface area contributed by atoms with Crippen molar-refractivity contribution in [3.05, 3.63) is 29.6 Å². The fraction of sp³-hybridized carbons (Fsp3) is 0.750. The van der Waals surface area contributed by atoms with E-state index >= 15 is 0 Å². The Labute approximate surface area is 292 Å². The first-order chi connectivity index (χ1) is 22.9. The van der Waals surface area contributed by atoms with Gasteiger partial charge >= 0.3 is 18.4 Å². The zero-order chi connectivity index (χ0) is 37.4. The van der Waals surface area contributed by atoms with Gasteiger partial charge in [0.25, 0.3) is 0 Å². The van der Waals surface area contributed by atoms with Crippen LogP contribution < -0.4 is 10.0 Å². The van der Waals surface area contributed by atoms with E-state index in [1.165, 1.54) is 0 Å². The number of fused-ring (bicyclic) bond motifs is 1. The molecule has 2 amide bonds. The molecule has 2 fully saturated rings. The second-order valence-corrected chi connectivity index (χ2v) is 23.2. The maximum absolute atomic E-state index is 13.8. The Morgan fingerprint density at radius 3 is 2.26 bits per heavy atom. The van der Waals surface area contributed by atoms with Crippen LogP contribution in [0.4, 0.5) is 31.1 Å². The molecule has 4 rings (SSSR count). The van der Waals surface area contributed by atoms with Gasteiger partial charge < -0.3 is 29.0 Å². The molecule has 1 aromatic heterocycles. The van der Waals surface area contributed by atoms with E-state index < -0.39 is 79.1 Å². The number of nitrogens with one attached hydrogen (secondary N) is 2. The number of aromatic nitrogens is 2. The van der Waals surface area contributed by atoms with Crippen LogP contribution in [0, 0.1) is 0 Å². The minimum absolute atomic E-state index is 0.0331. The van der Waals surface area contributed by atoms with Crippen LogP contribution in [0.5, 0.6) is 0 Å². The number of nitrogens with zero attached hydrogens (tertiary/aromatic N) is 3. The number of rotatable bonds is 16. The van der Waals surface area contributed by atoms with Crippen LogP contribution in [-0.2, 0) is 31.9 Å². The third kappa shape index (κ3) is 10.4. The van der Waals surface area contributed by atoms with Crippen LogP contribution in [0.15, 0.2) is 18.2 Å². The Kier molecular flexibility index (Phi) is 12.2. The first kappa shape index (κ1) is 40.5. The van der Waals surface area contributed by atoms with E-state index in [1.807, 2.05) is 5.32 Å². The molecule has 284 valence electrons. The molecule has 0 radical (unpaired) electrons. The second-order valence-electron chi connectivity index (χ2n) is 15.6. The lowest BCUT2D eigenvalue weighted by Gasteiger charge is -2.31. The molecule has 50 heavy (non-hydrogen) atoms. The first-order valence-corrected chi connectivity index (χ1v) is 21.4. The Morgan fingerprint density at radius 1 is 1.06 bits per heavy atom. The third-order valence-electron chi connectivity index (χ3n) is 8.54. The molecule has 2 aliphatic rings. The van der Waals surface area contributed by atoms with Crippen LogP contribution in [0.2, 0.25) is 25.7 Å². The highest BCUT2D eigenvalue weighted by molar-refractivity contribution is 7.84. The van der Waals surface area contributed by atoms with Crippen LogP contribution in [0.25, 0.3) is 11.0 Å². The van der Waals surface area contributed by atoms with Crippen molar-refractivity contribution in [3.63, 3.8) is 0 Å². The molecule has 2 N–H and O–H groups in total. The van der Waals surface area contributed by atoms with Gasteiger partial charge in [0.15, 0.2) is 5.60 Å². The Balaban J connectivity index is 1.77. The number of urea groups is 1. The average molecular weight is 758 g/mol. The van der Waals surface area contributed by atoms with Gasteiger partial charge in [-0.2, -0.15) is 26.3 Å². The average Bonchev–Trinajstić information content (AvgIpc) is 3.61. The van der Waals surface area contributed by atoms with E-state index in [2.05, 4.69) is 24.4 Å². The maximum atomic E-state index is 13.8. The summed E-state index contributed by atoms with van der Waals surface area (Å²) in [4.78, 5) is 18.7. The molecule has 18 heteroatoms. The lowest BCUT2D eigenvalue weighted by molar-refractivity contribution is -0.265. The van der Waals surface area contributed by atoms with Crippen molar-refractivity contribution in [2.45, 2.75) is 127 Å². The SMILES string of the molecule is CC(C)(C)S(=O)N[C@@H](COC(C)(C)C(F)(F)F)c1nc2cc([C@@H](COC3CC3)N3C[C@@H](C(F)(F)F)NC3=O)ccc2n1COCC[Si](C)(C)C. The van der Waals surface area contributed by atoms with Crippen LogP contribution >= 0.6 is 0 Å². The summed E-state index contributed by atoms with van der Waals surface area (Å²) in [6.45, 7) is 12.7. The number of amides is 2. The zero-order valence-corrected chi connectivity index (χ0v) is 31.6. The highest BCUT2D eigenvalue weighted by atomic mass is 32.2. The molecule has 2 heterocycles. The van der Waals surface area contributed by atoms with Crippen molar-refractivity contribution in [2.24, 2.45) is 0 Å². The maximum Gasteiger partial charge on any atom is 0.416 e. The second kappa shape index (κ2) is 15.0. The van der Waals surface area contributed by atoms with Gasteiger partial charge in [0.05, 0.1) is 58.7 Å². The van der Waals surface area contributed by atoms with Gasteiger partial charge in [-0.1, -0.05) is 25.7 Å². The predicted octanol–water partition coefficient (Wildman–Crippen LogP) is 6.98. The van der Waals surface area contributed by atoms with Gasteiger partial charge in [-0.25, -0.2) is 18.7 Å². The third-order valence-corrected chi connectivity index (χ3v) is 11.9. The van der Waals surface area contributed by atoms with Crippen molar-refractivity contribution >= 4 is 36.1 Å². The monoisotopic (exact) mass is 757 g/mol. The van der Waals surface area contributed by atoms with Gasteiger partial charge in [-0.15, -0.1) is 0 Å². The first-order valence-electron chi connectivity index (χ1n) is 16.6. The molecule has 2 aromatic rings. The molecule has 0 spiro atoms. The molecular formula is C32H49F6N5O5SSi. The summed E-state index contributed by atoms with van der Waals surface area (Å²) < 4.78 is 117. The lowest BCUT2D eigenvalue weighted by Crippen LogP contribution is -2.45. The number of halogens is 6. The van der Waals surface area contributed by atoms with E-state index in [9.17, 15) is 35.3 Å². The largest absolute Gasteiger partial charge is 0.416 e. The Morgan fingerprint density at radius 2 is 1.72 bits per heavy atom. The van der Waals surface area contributed by atoms with E-state index in [0.717, 1.165) is 37.6 Å². The number of ether oxygens (including phenoxy) is 3. The normalized spacial score (nSPS) is 20.0. The summed E-state index contributed by atoms with van der Waals surface area (Å²) in [6, 6.07) is 0.921. The molecule has 1 aliphatic heterocycles. The quantitative estimate of drug-likeness (QED) is 0.109. The molecule has 4 atom stereocenters. The molecule has 1 saturated carbocycles. The van der Waals surface area contributed by atoms with Gasteiger partial charge in [0, 0.05) is 14.7 Å². The van der Waals surface area contributed by atoms with Gasteiger partial charge in [-0.05, 0) is 71.2 Å². The molecule has 0 bridgehead atoms. The number of carbonyl (C=O) groups excluding carboxylic acids is 1. The topological polar surface area (TPSA) is 107 Å². The van der Waals surface area contributed by atoms with Gasteiger partial charge in [-0.3, -0.25) is 0 Å². The molecule has 1 aromatic carbocycles. The fourth-order valence-electron chi connectivity index (χ4n) is 4.99. The van der Waals surface area contributed by atoms with Crippen LogP contribution in [-0.4, -0.2) is 94.0 Å². The Bertz CT molecular complexity index is 1520. The minimum Gasteiger partial charge on any atom is -0.376 e. The van der Waals surface area contributed by atoms with Crippen molar-refractivity contribution in [1.29, 1.82) is 0 Å². The van der Waals surface area contributed by atoms with Crippen LogP contribution in [0.3, 0.4) is 0 Å². The minimum atomic E-state index is -4.69. The summed E-state index contributed by atoms with van der Waals surface area (Å²) in [5, 5.41) is 2.01. The zero-order valence-electron chi connectivity index (χ0n) is 29.8. The Hall–Kier alpha value is -2.25. The van der Waals surface area contributed by atoms with Gasteiger partial charge in [0.1, 0.15) is 24.6 Å². The van der Waals surface area contributed by atoms with Gasteiger partial charge in [0.2, 0.25) is 0 Å². The smallest absolute Gasteiger partial charge is 0.376 e. The van der Waals surface area contributed by atoms with E-state index in [-0.39, 0.29) is 25.3 Å². The number of alkyl halides is 6. The fourth-order valence-corrected chi connectivity index (χ4v) is 6.53. The van der Waals surface area contributed by atoms with Crippen LogP contribution in [0.1, 0.15) is 70.9 Å². The lowest BCUT2D eigenvalue weighted by atomic mass is 10.0. The van der Waals surface area contributed by atoms with E-state index in [1.54, 1.807) is 43.5 Å². The molecule has 1 aliphatic carbocycles. The number of benzene rings is 1. The van der Waals surface area contributed by atoms with Crippen molar-refractivity contribution in [2.75, 3.05) is 26.4 Å². The standard InChI is InChI=1S/C32H49F6N5O5SSi/c1-29(2,3)49(45)41-23(17-48-30(4,5)32(36,37)38)27-39-22-15-20(9-12-24(22)43(27)19-46-13-14-50(6,7)8)25(18-47-21-10-11-21)42-16-26(31(33,34)35)40-28(42)44/h9,12,15,21,23,25-26,41H,10-11,13-14,16-19H2,1-8H3,(H,40,44)/t23-,25+,26-,49?/m0/s1. The van der Waals surface area contributed by atoms with Crippen molar-refractivity contribution in [3.8, 4) is 0 Å². The van der Waals surface area contributed by atoms with E-state index in [4.69, 9.17) is 19.2 Å². The molecular weight excluding hydrogens is 709 g/mol. The summed E-state index contributed by atoms with van der Waals surface area (Å²) in [7, 11) is -3.23. The highest BCUT2D eigenvalue weighted by Crippen LogP contribution is 2.36. The number of hydrogen-bond donors (Lipinski definition) is 2. The number of imidazole rings is 1.